The van der Waals surface area contributed by atoms with Gasteiger partial charge in [-0.2, -0.15) is 8.42 Å². The minimum absolute atomic E-state index is 0.0959. The molecule has 1 aromatic heterocycles. The summed E-state index contributed by atoms with van der Waals surface area (Å²) in [7, 11) is -0.324. The first kappa shape index (κ1) is 24.2. The molecule has 2 aliphatic carbocycles. The number of hydrogen-bond acceptors (Lipinski definition) is 6. The molecule has 34 heavy (non-hydrogen) atoms. The van der Waals surface area contributed by atoms with Gasteiger partial charge in [-0.1, -0.05) is 6.42 Å². The highest BCUT2D eigenvalue weighted by Gasteiger charge is 2.34. The molecular weight excluding hydrogens is 456 g/mol. The van der Waals surface area contributed by atoms with Crippen LogP contribution in [0.25, 0.3) is 21.7 Å². The second-order valence-electron chi connectivity index (χ2n) is 9.10. The van der Waals surface area contributed by atoms with Gasteiger partial charge in [0.1, 0.15) is 0 Å². The van der Waals surface area contributed by atoms with Gasteiger partial charge in [0.25, 0.3) is 10.1 Å². The molecule has 1 fully saturated rings. The number of ether oxygens (including phenoxy) is 2. The van der Waals surface area contributed by atoms with E-state index in [4.69, 9.17) is 19.0 Å². The largest absolute Gasteiger partial charge is 0.493 e. The Kier molecular flexibility index (Phi) is 6.69. The molecule has 182 valence electrons. The maximum Gasteiger partial charge on any atom is 0.261 e. The van der Waals surface area contributed by atoms with Gasteiger partial charge < -0.3 is 14.8 Å². The Hall–Kier alpha value is -2.91. The summed E-state index contributed by atoms with van der Waals surface area (Å²) in [5, 5.41) is 6.25. The Morgan fingerprint density at radius 2 is 1.56 bits per heavy atom. The van der Waals surface area contributed by atoms with Crippen molar-refractivity contribution in [3.8, 4) is 11.5 Å². The SMILES string of the molecule is COc1cc2c3c(c4ncc(NC(C)=O)cc4c2cc1OC)CC1CCCC1C3.CS(=O)(=O)O. The molecule has 0 aliphatic heterocycles. The number of pyridine rings is 1. The minimum Gasteiger partial charge on any atom is -0.493 e. The number of carbonyl (C=O) groups excluding carboxylic acids is 1. The van der Waals surface area contributed by atoms with Crippen LogP contribution in [0.4, 0.5) is 5.69 Å². The van der Waals surface area contributed by atoms with Crippen LogP contribution in [0.5, 0.6) is 11.5 Å². The molecule has 0 bridgehead atoms. The lowest BCUT2D eigenvalue weighted by molar-refractivity contribution is -0.114. The zero-order chi connectivity index (χ0) is 24.6. The van der Waals surface area contributed by atoms with Gasteiger partial charge in [-0.3, -0.25) is 14.3 Å². The van der Waals surface area contributed by atoms with E-state index in [1.807, 2.05) is 6.07 Å². The monoisotopic (exact) mass is 486 g/mol. The number of benzene rings is 2. The van der Waals surface area contributed by atoms with E-state index in [2.05, 4.69) is 17.4 Å². The van der Waals surface area contributed by atoms with Crippen molar-refractivity contribution in [1.82, 2.24) is 4.98 Å². The van der Waals surface area contributed by atoms with Crippen LogP contribution < -0.4 is 14.8 Å². The highest BCUT2D eigenvalue weighted by atomic mass is 32.2. The van der Waals surface area contributed by atoms with E-state index in [9.17, 15) is 13.2 Å². The van der Waals surface area contributed by atoms with Crippen LogP contribution in [0.1, 0.15) is 37.3 Å². The van der Waals surface area contributed by atoms with E-state index in [1.165, 1.54) is 42.7 Å². The molecule has 8 nitrogen and oxygen atoms in total. The number of amides is 1. The summed E-state index contributed by atoms with van der Waals surface area (Å²) in [5.41, 5.74) is 4.56. The van der Waals surface area contributed by atoms with Crippen molar-refractivity contribution in [2.45, 2.75) is 39.0 Å². The standard InChI is InChI=1S/C24H26N2O3.CH4O3S/c1-13(27)26-16-9-21-19-11-23(29-3)22(28-2)10-18(19)17-7-14-5-4-6-15(14)8-20(17)24(21)25-12-16;1-5(2,3)4/h9-12,14-15H,4-8H2,1-3H3,(H,26,27);1H3,(H,2,3,4). The molecule has 0 spiro atoms. The lowest BCUT2D eigenvalue weighted by Crippen LogP contribution is -2.21. The Balaban J connectivity index is 0.000000499. The van der Waals surface area contributed by atoms with Crippen LogP contribution in [0, 0.1) is 11.8 Å². The highest BCUT2D eigenvalue weighted by Crippen LogP contribution is 2.47. The molecule has 1 amide bonds. The van der Waals surface area contributed by atoms with E-state index in [0.29, 0.717) is 12.0 Å². The van der Waals surface area contributed by atoms with Crippen molar-refractivity contribution in [2.24, 2.45) is 11.8 Å². The second-order valence-corrected chi connectivity index (χ2v) is 10.6. The number of fused-ring (bicyclic) bond motifs is 7. The molecule has 2 N–H and O–H groups in total. The number of carbonyl (C=O) groups is 1. The van der Waals surface area contributed by atoms with Crippen LogP contribution in [-0.2, 0) is 27.8 Å². The molecule has 2 atom stereocenters. The summed E-state index contributed by atoms with van der Waals surface area (Å²) < 4.78 is 37.1. The Morgan fingerprint density at radius 3 is 2.12 bits per heavy atom. The first-order valence-corrected chi connectivity index (χ1v) is 13.1. The second kappa shape index (κ2) is 9.38. The van der Waals surface area contributed by atoms with Gasteiger partial charge in [-0.05, 0) is 77.6 Å². The van der Waals surface area contributed by atoms with E-state index in [1.54, 1.807) is 20.4 Å². The Labute approximate surface area is 199 Å². The predicted molar refractivity (Wildman–Crippen MR) is 132 cm³/mol. The third kappa shape index (κ3) is 4.95. The summed E-state index contributed by atoms with van der Waals surface area (Å²) >= 11 is 0. The quantitative estimate of drug-likeness (QED) is 0.417. The van der Waals surface area contributed by atoms with E-state index < -0.39 is 10.1 Å². The normalized spacial score (nSPS) is 19.1. The molecule has 9 heteroatoms. The molecule has 2 unspecified atom stereocenters. The van der Waals surface area contributed by atoms with Gasteiger partial charge >= 0.3 is 0 Å². The van der Waals surface area contributed by atoms with Crippen LogP contribution in [0.2, 0.25) is 0 Å². The highest BCUT2D eigenvalue weighted by molar-refractivity contribution is 7.85. The number of nitrogens with one attached hydrogen (secondary N) is 1. The van der Waals surface area contributed by atoms with E-state index in [0.717, 1.165) is 52.4 Å². The summed E-state index contributed by atoms with van der Waals surface area (Å²) in [5.74, 6) is 2.90. The van der Waals surface area contributed by atoms with Crippen molar-refractivity contribution in [3.05, 3.63) is 35.5 Å². The van der Waals surface area contributed by atoms with Crippen LogP contribution in [0.3, 0.4) is 0 Å². The maximum atomic E-state index is 11.6. The average molecular weight is 487 g/mol. The van der Waals surface area contributed by atoms with E-state index in [-0.39, 0.29) is 5.91 Å². The first-order chi connectivity index (χ1) is 16.1. The summed E-state index contributed by atoms with van der Waals surface area (Å²) in [6.07, 6.45) is 8.66. The summed E-state index contributed by atoms with van der Waals surface area (Å²) in [4.78, 5) is 16.4. The van der Waals surface area contributed by atoms with Gasteiger partial charge in [-0.25, -0.2) is 0 Å². The van der Waals surface area contributed by atoms with Crippen LogP contribution in [-0.4, -0.2) is 44.3 Å². The Morgan fingerprint density at radius 1 is 1.00 bits per heavy atom. The molecular formula is C25H30N2O6S. The number of aromatic nitrogens is 1. The van der Waals surface area contributed by atoms with Gasteiger partial charge in [0.15, 0.2) is 11.5 Å². The first-order valence-electron chi connectivity index (χ1n) is 11.3. The van der Waals surface area contributed by atoms with Crippen LogP contribution in [0.15, 0.2) is 24.4 Å². The van der Waals surface area contributed by atoms with Crippen molar-refractivity contribution in [1.29, 1.82) is 0 Å². The van der Waals surface area contributed by atoms with Gasteiger partial charge in [0.05, 0.1) is 37.9 Å². The molecule has 5 rings (SSSR count). The minimum atomic E-state index is -3.67. The third-order valence-electron chi connectivity index (χ3n) is 6.75. The lowest BCUT2D eigenvalue weighted by atomic mass is 9.75. The molecule has 2 aromatic carbocycles. The zero-order valence-electron chi connectivity index (χ0n) is 19.8. The number of nitrogens with zero attached hydrogens (tertiary/aromatic N) is 1. The van der Waals surface area contributed by atoms with Crippen molar-refractivity contribution in [2.75, 3.05) is 25.8 Å². The van der Waals surface area contributed by atoms with Crippen molar-refractivity contribution >= 4 is 43.4 Å². The maximum absolute atomic E-state index is 11.6. The predicted octanol–water partition coefficient (Wildman–Crippen LogP) is 4.38. The fourth-order valence-electron chi connectivity index (χ4n) is 5.47. The van der Waals surface area contributed by atoms with Gasteiger partial charge in [0.2, 0.25) is 5.91 Å². The molecule has 1 heterocycles. The smallest absolute Gasteiger partial charge is 0.261 e. The molecule has 0 radical (unpaired) electrons. The number of anilines is 1. The Bertz CT molecular complexity index is 1360. The topological polar surface area (TPSA) is 115 Å². The number of methoxy groups -OCH3 is 2. The third-order valence-corrected chi connectivity index (χ3v) is 6.75. The van der Waals surface area contributed by atoms with Gasteiger partial charge in [-0.15, -0.1) is 0 Å². The summed E-state index contributed by atoms with van der Waals surface area (Å²) in [6.45, 7) is 1.52. The van der Waals surface area contributed by atoms with E-state index >= 15 is 0 Å². The fraction of sp³-hybridized carbons (Fsp3) is 0.440. The summed E-state index contributed by atoms with van der Waals surface area (Å²) in [6, 6.07) is 6.21. The zero-order valence-corrected chi connectivity index (χ0v) is 20.7. The van der Waals surface area contributed by atoms with Crippen molar-refractivity contribution in [3.63, 3.8) is 0 Å². The number of rotatable bonds is 3. The molecule has 3 aromatic rings. The van der Waals surface area contributed by atoms with Crippen molar-refractivity contribution < 1.29 is 27.2 Å². The average Bonchev–Trinajstić information content (AvgIpc) is 3.23. The molecule has 2 aliphatic rings. The van der Waals surface area contributed by atoms with Gasteiger partial charge in [0, 0.05) is 12.3 Å². The fourth-order valence-corrected chi connectivity index (χ4v) is 5.47. The lowest BCUT2D eigenvalue weighted by Gasteiger charge is -2.30. The number of hydrogen-bond donors (Lipinski definition) is 2. The molecule has 1 saturated carbocycles. The molecule has 0 saturated heterocycles. The van der Waals surface area contributed by atoms with Crippen LogP contribution >= 0.6 is 0 Å².